The SMILES string of the molecule is COc1ccc2c(c1)c(CCNC(C)=O)cn2OC(=O)C(C)=O. The molecule has 0 fully saturated rings. The quantitative estimate of drug-likeness (QED) is 0.799. The van der Waals surface area contributed by atoms with E-state index in [1.54, 1.807) is 25.4 Å². The highest BCUT2D eigenvalue weighted by atomic mass is 16.7. The van der Waals surface area contributed by atoms with Crippen molar-refractivity contribution in [2.75, 3.05) is 13.7 Å². The average molecular weight is 318 g/mol. The fraction of sp³-hybridized carbons (Fsp3) is 0.312. The Morgan fingerprint density at radius 1 is 1.22 bits per heavy atom. The van der Waals surface area contributed by atoms with Gasteiger partial charge in [-0.15, -0.1) is 0 Å². The summed E-state index contributed by atoms with van der Waals surface area (Å²) in [5.41, 5.74) is 1.50. The van der Waals surface area contributed by atoms with Crippen LogP contribution in [-0.2, 0) is 20.8 Å². The zero-order valence-electron chi connectivity index (χ0n) is 13.2. The standard InChI is InChI=1S/C16H18N2O5/c1-10(19)16(21)23-18-9-12(6-7-17-11(2)20)14-8-13(22-3)4-5-15(14)18/h4-5,8-9H,6-7H2,1-3H3,(H,17,20). The van der Waals surface area contributed by atoms with Gasteiger partial charge in [-0.2, -0.15) is 4.73 Å². The normalized spacial score (nSPS) is 10.4. The van der Waals surface area contributed by atoms with E-state index in [1.807, 2.05) is 6.07 Å². The van der Waals surface area contributed by atoms with Gasteiger partial charge in [0.15, 0.2) is 0 Å². The molecule has 7 heteroatoms. The van der Waals surface area contributed by atoms with Crippen LogP contribution in [-0.4, -0.2) is 36.0 Å². The van der Waals surface area contributed by atoms with Gasteiger partial charge in [-0.1, -0.05) is 0 Å². The molecule has 0 saturated heterocycles. The summed E-state index contributed by atoms with van der Waals surface area (Å²) in [5.74, 6) is -1.07. The first-order valence-electron chi connectivity index (χ1n) is 7.08. The van der Waals surface area contributed by atoms with Gasteiger partial charge >= 0.3 is 5.97 Å². The monoisotopic (exact) mass is 318 g/mol. The van der Waals surface area contributed by atoms with E-state index in [0.717, 1.165) is 17.9 Å². The number of amides is 1. The Balaban J connectivity index is 2.37. The zero-order valence-corrected chi connectivity index (χ0v) is 13.2. The highest BCUT2D eigenvalue weighted by Crippen LogP contribution is 2.25. The minimum absolute atomic E-state index is 0.116. The molecule has 2 rings (SSSR count). The van der Waals surface area contributed by atoms with E-state index in [4.69, 9.17) is 9.57 Å². The number of fused-ring (bicyclic) bond motifs is 1. The van der Waals surface area contributed by atoms with E-state index >= 15 is 0 Å². The lowest BCUT2D eigenvalue weighted by Crippen LogP contribution is -2.25. The molecule has 7 nitrogen and oxygen atoms in total. The van der Waals surface area contributed by atoms with E-state index in [2.05, 4.69) is 5.32 Å². The molecule has 1 heterocycles. The van der Waals surface area contributed by atoms with Crippen LogP contribution in [0.5, 0.6) is 5.75 Å². The molecular weight excluding hydrogens is 300 g/mol. The van der Waals surface area contributed by atoms with Crippen molar-refractivity contribution in [3.05, 3.63) is 30.0 Å². The molecule has 122 valence electrons. The van der Waals surface area contributed by atoms with Crippen LogP contribution in [0.4, 0.5) is 0 Å². The number of nitrogens with zero attached hydrogens (tertiary/aromatic N) is 1. The summed E-state index contributed by atoms with van der Waals surface area (Å²) in [5, 5.41) is 3.54. The molecule has 0 aliphatic rings. The number of rotatable bonds is 6. The van der Waals surface area contributed by atoms with Gasteiger partial charge in [-0.3, -0.25) is 9.59 Å². The Kier molecular flexibility index (Phi) is 5.00. The van der Waals surface area contributed by atoms with Crippen LogP contribution in [0.15, 0.2) is 24.4 Å². The van der Waals surface area contributed by atoms with Crippen LogP contribution in [0.3, 0.4) is 0 Å². The fourth-order valence-electron chi connectivity index (χ4n) is 2.17. The summed E-state index contributed by atoms with van der Waals surface area (Å²) >= 11 is 0. The minimum Gasteiger partial charge on any atom is -0.497 e. The third kappa shape index (κ3) is 3.88. The van der Waals surface area contributed by atoms with Crippen molar-refractivity contribution in [1.82, 2.24) is 10.0 Å². The van der Waals surface area contributed by atoms with Gasteiger partial charge in [0, 0.05) is 32.0 Å². The number of hydrogen-bond donors (Lipinski definition) is 1. The van der Waals surface area contributed by atoms with Crippen molar-refractivity contribution >= 4 is 28.6 Å². The summed E-state index contributed by atoms with van der Waals surface area (Å²) in [4.78, 5) is 38.7. The lowest BCUT2D eigenvalue weighted by Gasteiger charge is -2.04. The molecule has 1 aromatic carbocycles. The summed E-state index contributed by atoms with van der Waals surface area (Å²) in [6.07, 6.45) is 2.18. The molecule has 1 amide bonds. The van der Waals surface area contributed by atoms with Gasteiger partial charge in [0.05, 0.1) is 12.6 Å². The summed E-state index contributed by atoms with van der Waals surface area (Å²) < 4.78 is 6.47. The first kappa shape index (κ1) is 16.5. The molecule has 0 atom stereocenters. The molecule has 0 radical (unpaired) electrons. The summed E-state index contributed by atoms with van der Waals surface area (Å²) in [6, 6.07) is 5.29. The molecule has 1 aromatic heterocycles. The molecule has 23 heavy (non-hydrogen) atoms. The topological polar surface area (TPSA) is 86.6 Å². The highest BCUT2D eigenvalue weighted by molar-refractivity contribution is 6.32. The van der Waals surface area contributed by atoms with E-state index in [1.165, 1.54) is 11.7 Å². The number of ketones is 1. The first-order valence-corrected chi connectivity index (χ1v) is 7.08. The van der Waals surface area contributed by atoms with Gasteiger partial charge < -0.3 is 14.9 Å². The third-order valence-electron chi connectivity index (χ3n) is 3.30. The van der Waals surface area contributed by atoms with Crippen LogP contribution in [0, 0.1) is 0 Å². The fourth-order valence-corrected chi connectivity index (χ4v) is 2.17. The van der Waals surface area contributed by atoms with Crippen LogP contribution < -0.4 is 14.9 Å². The molecule has 0 bridgehead atoms. The van der Waals surface area contributed by atoms with E-state index < -0.39 is 11.8 Å². The van der Waals surface area contributed by atoms with Crippen molar-refractivity contribution in [3.63, 3.8) is 0 Å². The average Bonchev–Trinajstić information content (AvgIpc) is 2.84. The number of methoxy groups -OCH3 is 1. The Morgan fingerprint density at radius 3 is 2.57 bits per heavy atom. The number of carbonyl (C=O) groups is 3. The van der Waals surface area contributed by atoms with E-state index in [-0.39, 0.29) is 5.91 Å². The van der Waals surface area contributed by atoms with Gasteiger partial charge in [0.25, 0.3) is 0 Å². The van der Waals surface area contributed by atoms with Crippen molar-refractivity contribution in [1.29, 1.82) is 0 Å². The molecule has 0 aliphatic heterocycles. The molecular formula is C16H18N2O5. The zero-order chi connectivity index (χ0) is 17.0. The van der Waals surface area contributed by atoms with Crippen molar-refractivity contribution in [2.45, 2.75) is 20.3 Å². The Labute approximate surface area is 133 Å². The maximum Gasteiger partial charge on any atom is 0.398 e. The van der Waals surface area contributed by atoms with Crippen LogP contribution in [0.1, 0.15) is 19.4 Å². The van der Waals surface area contributed by atoms with Crippen molar-refractivity contribution in [2.24, 2.45) is 0 Å². The summed E-state index contributed by atoms with van der Waals surface area (Å²) in [6.45, 7) is 3.04. The van der Waals surface area contributed by atoms with Crippen molar-refractivity contribution < 1.29 is 24.0 Å². The number of aromatic nitrogens is 1. The molecule has 0 spiro atoms. The van der Waals surface area contributed by atoms with E-state index in [9.17, 15) is 14.4 Å². The second kappa shape index (κ2) is 6.95. The predicted molar refractivity (Wildman–Crippen MR) is 83.1 cm³/mol. The minimum atomic E-state index is -0.939. The molecule has 0 aliphatic carbocycles. The second-order valence-corrected chi connectivity index (χ2v) is 5.03. The van der Waals surface area contributed by atoms with Gasteiger partial charge in [-0.25, -0.2) is 4.79 Å². The number of ether oxygens (including phenoxy) is 1. The molecule has 0 unspecified atom stereocenters. The number of benzene rings is 1. The largest absolute Gasteiger partial charge is 0.497 e. The van der Waals surface area contributed by atoms with Gasteiger partial charge in [0.2, 0.25) is 11.7 Å². The van der Waals surface area contributed by atoms with Crippen LogP contribution in [0.25, 0.3) is 10.9 Å². The molecule has 2 aromatic rings. The number of Topliss-reactive ketones (excluding diaryl/α,β-unsaturated/α-hetero) is 1. The molecule has 0 saturated carbocycles. The Bertz CT molecular complexity index is 763. The lowest BCUT2D eigenvalue weighted by atomic mass is 10.1. The Morgan fingerprint density at radius 2 is 1.96 bits per heavy atom. The van der Waals surface area contributed by atoms with Crippen LogP contribution >= 0.6 is 0 Å². The third-order valence-corrected chi connectivity index (χ3v) is 3.30. The van der Waals surface area contributed by atoms with Gasteiger partial charge in [-0.05, 0) is 30.2 Å². The van der Waals surface area contributed by atoms with Crippen molar-refractivity contribution in [3.8, 4) is 5.75 Å². The number of hydrogen-bond acceptors (Lipinski definition) is 5. The maximum atomic E-state index is 11.5. The first-order chi connectivity index (χ1) is 10.9. The lowest BCUT2D eigenvalue weighted by molar-refractivity contribution is -0.152. The van der Waals surface area contributed by atoms with Crippen LogP contribution in [0.2, 0.25) is 0 Å². The molecule has 1 N–H and O–H groups in total. The maximum absolute atomic E-state index is 11.5. The highest BCUT2D eigenvalue weighted by Gasteiger charge is 2.15. The van der Waals surface area contributed by atoms with E-state index in [0.29, 0.717) is 24.2 Å². The van der Waals surface area contributed by atoms with Gasteiger partial charge in [0.1, 0.15) is 5.75 Å². The summed E-state index contributed by atoms with van der Waals surface area (Å²) in [7, 11) is 1.56. The number of carbonyl (C=O) groups excluding carboxylic acids is 3. The second-order valence-electron chi connectivity index (χ2n) is 5.03. The Hall–Kier alpha value is -2.83. The predicted octanol–water partition coefficient (Wildman–Crippen LogP) is 0.873. The number of nitrogens with one attached hydrogen (secondary N) is 1. The smallest absolute Gasteiger partial charge is 0.398 e.